The lowest BCUT2D eigenvalue weighted by molar-refractivity contribution is -0.132. The van der Waals surface area contributed by atoms with Gasteiger partial charge in [0.05, 0.1) is 22.2 Å². The number of carbonyl (C=O) groups excluding carboxylic acids is 2. The van der Waals surface area contributed by atoms with Crippen LogP contribution in [0.4, 0.5) is 0 Å². The fraction of sp³-hybridized carbons (Fsp3) is 0.826. The number of hydrogen-bond donors (Lipinski definition) is 0. The number of hydrogen-bond acceptors (Lipinski definition) is 4. The molecule has 0 aromatic rings. The molecular weight excluding hydrogens is 398 g/mol. The zero-order valence-electron chi connectivity index (χ0n) is 19.4. The molecule has 3 unspecified atom stereocenters. The zero-order chi connectivity index (χ0) is 22.1. The summed E-state index contributed by atoms with van der Waals surface area (Å²) in [5, 5.41) is 0. The molecule has 2 heterocycles. The summed E-state index contributed by atoms with van der Waals surface area (Å²) in [5.41, 5.74) is 1.08. The molecule has 0 spiro atoms. The Labute approximate surface area is 182 Å². The first-order chi connectivity index (χ1) is 14.0. The normalized spacial score (nSPS) is 32.2. The number of rotatable bonds is 4. The van der Waals surface area contributed by atoms with Crippen molar-refractivity contribution in [3.8, 4) is 0 Å². The topological polar surface area (TPSA) is 70.0 Å². The molecule has 0 aromatic heterocycles. The zero-order valence-corrected chi connectivity index (χ0v) is 20.2. The molecule has 170 valence electrons. The molecule has 7 heteroatoms. The Balaban J connectivity index is 1.59. The van der Waals surface area contributed by atoms with Gasteiger partial charge in [-0.15, -0.1) is 0 Å². The van der Waals surface area contributed by atoms with E-state index in [0.717, 1.165) is 31.8 Å². The van der Waals surface area contributed by atoms with Crippen LogP contribution in [0.1, 0.15) is 53.9 Å². The molecule has 2 saturated heterocycles. The first kappa shape index (κ1) is 23.5. The summed E-state index contributed by atoms with van der Waals surface area (Å²) in [6.07, 6.45) is 5.07. The standard InChI is InChI=1S/C23H39N3O3S/c1-17(2)15-19-21(23(19,4)5)22(28)24-30(29)13-6-9-26(12-14-30)20(27)16-25-10-7-18(3)8-11-25/h15,18-19,21H,6-14,16H2,1-5H3. The van der Waals surface area contributed by atoms with Gasteiger partial charge in [-0.2, -0.15) is 4.36 Å². The second-order valence-corrected chi connectivity index (χ2v) is 12.9. The quantitative estimate of drug-likeness (QED) is 0.634. The lowest BCUT2D eigenvalue weighted by Gasteiger charge is -2.31. The second kappa shape index (κ2) is 9.11. The van der Waals surface area contributed by atoms with Crippen molar-refractivity contribution in [1.82, 2.24) is 9.80 Å². The molecular formula is C23H39N3O3S. The summed E-state index contributed by atoms with van der Waals surface area (Å²) in [5.74, 6) is 1.37. The average molecular weight is 438 g/mol. The van der Waals surface area contributed by atoms with Gasteiger partial charge < -0.3 is 4.90 Å². The van der Waals surface area contributed by atoms with Gasteiger partial charge in [-0.05, 0) is 63.5 Å². The van der Waals surface area contributed by atoms with Gasteiger partial charge in [-0.25, -0.2) is 4.21 Å². The van der Waals surface area contributed by atoms with E-state index in [0.29, 0.717) is 37.6 Å². The summed E-state index contributed by atoms with van der Waals surface area (Å²) in [4.78, 5) is 29.7. The maximum absolute atomic E-state index is 13.4. The predicted octanol–water partition coefficient (Wildman–Crippen LogP) is 3.18. The van der Waals surface area contributed by atoms with Gasteiger partial charge in [0, 0.05) is 24.6 Å². The van der Waals surface area contributed by atoms with Crippen LogP contribution in [0.25, 0.3) is 0 Å². The highest BCUT2D eigenvalue weighted by atomic mass is 32.2. The van der Waals surface area contributed by atoms with Crippen molar-refractivity contribution < 1.29 is 13.8 Å². The minimum Gasteiger partial charge on any atom is -0.341 e. The van der Waals surface area contributed by atoms with Crippen molar-refractivity contribution in [2.75, 3.05) is 44.2 Å². The van der Waals surface area contributed by atoms with Crippen LogP contribution in [-0.2, 0) is 19.3 Å². The van der Waals surface area contributed by atoms with Gasteiger partial charge in [0.25, 0.3) is 5.91 Å². The summed E-state index contributed by atoms with van der Waals surface area (Å²) in [6.45, 7) is 13.9. The summed E-state index contributed by atoms with van der Waals surface area (Å²) >= 11 is 0. The Kier molecular flexibility index (Phi) is 7.12. The van der Waals surface area contributed by atoms with Crippen LogP contribution >= 0.6 is 0 Å². The van der Waals surface area contributed by atoms with Gasteiger partial charge in [-0.1, -0.05) is 32.4 Å². The first-order valence-electron chi connectivity index (χ1n) is 11.4. The van der Waals surface area contributed by atoms with E-state index < -0.39 is 9.73 Å². The molecule has 3 aliphatic rings. The number of piperidine rings is 1. The van der Waals surface area contributed by atoms with E-state index in [2.05, 4.69) is 36.1 Å². The van der Waals surface area contributed by atoms with Crippen LogP contribution in [-0.4, -0.2) is 70.1 Å². The van der Waals surface area contributed by atoms with Gasteiger partial charge >= 0.3 is 0 Å². The Hall–Kier alpha value is -1.21. The molecule has 30 heavy (non-hydrogen) atoms. The molecule has 3 rings (SSSR count). The minimum atomic E-state index is -2.59. The third-order valence-electron chi connectivity index (χ3n) is 7.11. The molecule has 1 saturated carbocycles. The Morgan fingerprint density at radius 1 is 1.10 bits per heavy atom. The number of amides is 2. The largest absolute Gasteiger partial charge is 0.341 e. The number of nitrogens with zero attached hydrogens (tertiary/aromatic N) is 3. The van der Waals surface area contributed by atoms with Crippen molar-refractivity contribution in [3.05, 3.63) is 11.6 Å². The molecule has 0 N–H and O–H groups in total. The van der Waals surface area contributed by atoms with Gasteiger partial charge in [-0.3, -0.25) is 14.5 Å². The van der Waals surface area contributed by atoms with Crippen LogP contribution in [0.3, 0.4) is 0 Å². The number of allylic oxidation sites excluding steroid dienone is 2. The van der Waals surface area contributed by atoms with Crippen molar-refractivity contribution in [2.45, 2.75) is 53.9 Å². The van der Waals surface area contributed by atoms with E-state index in [4.69, 9.17) is 0 Å². The van der Waals surface area contributed by atoms with Gasteiger partial charge in [0.1, 0.15) is 0 Å². The third-order valence-corrected chi connectivity index (χ3v) is 9.37. The Morgan fingerprint density at radius 2 is 1.77 bits per heavy atom. The Morgan fingerprint density at radius 3 is 2.40 bits per heavy atom. The molecule has 0 radical (unpaired) electrons. The highest BCUT2D eigenvalue weighted by Crippen LogP contribution is 2.60. The molecule has 6 nitrogen and oxygen atoms in total. The molecule has 0 aromatic carbocycles. The molecule has 3 atom stereocenters. The summed E-state index contributed by atoms with van der Waals surface area (Å²) in [6, 6.07) is 0. The molecule has 2 amide bonds. The van der Waals surface area contributed by atoms with Crippen LogP contribution in [0, 0.1) is 23.2 Å². The number of likely N-dealkylation sites (tertiary alicyclic amines) is 1. The molecule has 3 fully saturated rings. The highest BCUT2D eigenvalue weighted by Gasteiger charge is 2.60. The average Bonchev–Trinajstić information content (AvgIpc) is 3.25. The molecule has 1 aliphatic carbocycles. The predicted molar refractivity (Wildman–Crippen MR) is 122 cm³/mol. The fourth-order valence-electron chi connectivity index (χ4n) is 4.84. The SMILES string of the molecule is CC(C)=CC1C(C(=O)N=S2(=O)CCCN(C(=O)CN3CCC(C)CC3)CC2)C1(C)C. The minimum absolute atomic E-state index is 0.117. The van der Waals surface area contributed by atoms with Crippen molar-refractivity contribution in [1.29, 1.82) is 0 Å². The molecule has 2 aliphatic heterocycles. The second-order valence-electron chi connectivity index (χ2n) is 10.4. The van der Waals surface area contributed by atoms with E-state index >= 15 is 0 Å². The smallest absolute Gasteiger partial charge is 0.258 e. The van der Waals surface area contributed by atoms with Crippen molar-refractivity contribution in [3.63, 3.8) is 0 Å². The van der Waals surface area contributed by atoms with E-state index in [1.807, 2.05) is 18.7 Å². The summed E-state index contributed by atoms with van der Waals surface area (Å²) < 4.78 is 17.6. The Bertz CT molecular complexity index is 814. The van der Waals surface area contributed by atoms with Crippen LogP contribution in [0.5, 0.6) is 0 Å². The lowest BCUT2D eigenvalue weighted by atomic mass is 9.99. The number of carbonyl (C=O) groups is 2. The maximum atomic E-state index is 13.4. The van der Waals surface area contributed by atoms with Crippen LogP contribution < -0.4 is 0 Å². The monoisotopic (exact) mass is 437 g/mol. The van der Waals surface area contributed by atoms with Gasteiger partial charge in [0.15, 0.2) is 0 Å². The van der Waals surface area contributed by atoms with Crippen molar-refractivity contribution >= 4 is 21.5 Å². The van der Waals surface area contributed by atoms with E-state index in [9.17, 15) is 13.8 Å². The van der Waals surface area contributed by atoms with Gasteiger partial charge in [0.2, 0.25) is 5.91 Å². The van der Waals surface area contributed by atoms with E-state index in [-0.39, 0.29) is 29.1 Å². The van der Waals surface area contributed by atoms with E-state index in [1.54, 1.807) is 0 Å². The molecule has 0 bridgehead atoms. The van der Waals surface area contributed by atoms with Crippen LogP contribution in [0.2, 0.25) is 0 Å². The van der Waals surface area contributed by atoms with Crippen LogP contribution in [0.15, 0.2) is 16.0 Å². The first-order valence-corrected chi connectivity index (χ1v) is 13.3. The van der Waals surface area contributed by atoms with E-state index in [1.165, 1.54) is 5.57 Å². The fourth-order valence-corrected chi connectivity index (χ4v) is 6.75. The third kappa shape index (κ3) is 5.52. The maximum Gasteiger partial charge on any atom is 0.258 e. The highest BCUT2D eigenvalue weighted by molar-refractivity contribution is 7.93. The van der Waals surface area contributed by atoms with Crippen molar-refractivity contribution in [2.24, 2.45) is 27.5 Å². The lowest BCUT2D eigenvalue weighted by Crippen LogP contribution is -2.44. The summed E-state index contributed by atoms with van der Waals surface area (Å²) in [7, 11) is -2.59.